The molecule has 3 aromatic rings. The molecule has 2 aromatic carbocycles. The van der Waals surface area contributed by atoms with Crippen molar-refractivity contribution in [3.05, 3.63) is 65.6 Å². The van der Waals surface area contributed by atoms with E-state index >= 15 is 0 Å². The Labute approximate surface area is 226 Å². The van der Waals surface area contributed by atoms with Crippen LogP contribution in [-0.4, -0.2) is 45.4 Å². The topological polar surface area (TPSA) is 129 Å². The van der Waals surface area contributed by atoms with Gasteiger partial charge in [0.05, 0.1) is 16.8 Å². The first-order chi connectivity index (χ1) is 18.5. The average Bonchev–Trinajstić information content (AvgIpc) is 2.83. The van der Waals surface area contributed by atoms with Gasteiger partial charge in [-0.3, -0.25) is 4.79 Å². The first kappa shape index (κ1) is 30.3. The van der Waals surface area contributed by atoms with Gasteiger partial charge in [0.25, 0.3) is 11.8 Å². The van der Waals surface area contributed by atoms with Crippen LogP contribution in [0.3, 0.4) is 0 Å². The van der Waals surface area contributed by atoms with Crippen molar-refractivity contribution >= 4 is 27.4 Å². The molecule has 0 aliphatic rings. The number of nitrogens with one attached hydrogen (secondary N) is 1. The molecule has 0 aliphatic carbocycles. The van der Waals surface area contributed by atoms with Crippen LogP contribution in [0.4, 0.5) is 28.0 Å². The molecule has 15 heteroatoms. The molecular weight excluding hydrogens is 560 g/mol. The molecule has 0 bridgehead atoms. The van der Waals surface area contributed by atoms with Crippen molar-refractivity contribution < 1.29 is 45.6 Å². The van der Waals surface area contributed by atoms with Gasteiger partial charge in [-0.25, -0.2) is 13.4 Å². The van der Waals surface area contributed by atoms with Crippen LogP contribution in [0, 0.1) is 5.82 Å². The molecule has 1 heterocycles. The maximum absolute atomic E-state index is 13.6. The first-order valence-corrected chi connectivity index (χ1v) is 13.2. The summed E-state index contributed by atoms with van der Waals surface area (Å²) in [7, 11) is -2.12. The predicted molar refractivity (Wildman–Crippen MR) is 135 cm³/mol. The van der Waals surface area contributed by atoms with E-state index in [9.17, 15) is 31.4 Å². The van der Waals surface area contributed by atoms with Crippen LogP contribution in [0.5, 0.6) is 17.4 Å². The molecule has 0 unspecified atom stereocenters. The number of carbonyl (C=O) groups is 2. The molecule has 2 amide bonds. The molecule has 1 atom stereocenters. The van der Waals surface area contributed by atoms with E-state index in [4.69, 9.17) is 14.2 Å². The second-order valence-corrected chi connectivity index (χ2v) is 11.5. The lowest BCUT2D eigenvalue weighted by Gasteiger charge is -2.17. The highest BCUT2D eigenvalue weighted by Crippen LogP contribution is 2.35. The lowest BCUT2D eigenvalue weighted by Crippen LogP contribution is -2.22. The smallest absolute Gasteiger partial charge is 0.442 e. The van der Waals surface area contributed by atoms with Crippen LogP contribution in [0.25, 0.3) is 0 Å². The van der Waals surface area contributed by atoms with Crippen molar-refractivity contribution in [2.75, 3.05) is 18.7 Å². The monoisotopic (exact) mass is 584 g/mol. The van der Waals surface area contributed by atoms with Crippen molar-refractivity contribution in [1.82, 2.24) is 10.2 Å². The predicted octanol–water partition coefficient (Wildman–Crippen LogP) is 6.08. The van der Waals surface area contributed by atoms with E-state index in [0.29, 0.717) is 6.07 Å². The number of benzene rings is 2. The molecule has 3 rings (SSSR count). The van der Waals surface area contributed by atoms with Gasteiger partial charge in [0, 0.05) is 22.9 Å². The number of alkyl halides is 3. The SMILES string of the molecule is COc1cc(F)ccc1Oc1nnc(C(F)(F)F)cc1C(=O)Nc1cccc([S@](C)(=O)=NC(=O)OC(C)(C)C)c1. The number of aromatic nitrogens is 2. The zero-order valence-corrected chi connectivity index (χ0v) is 22.6. The summed E-state index contributed by atoms with van der Waals surface area (Å²) in [6, 6.07) is 8.91. The summed E-state index contributed by atoms with van der Waals surface area (Å²) in [5, 5.41) is 8.86. The molecular formula is C25H24F4N4O6S. The van der Waals surface area contributed by atoms with Crippen LogP contribution >= 0.6 is 0 Å². The fourth-order valence-corrected chi connectivity index (χ4v) is 4.17. The van der Waals surface area contributed by atoms with E-state index in [1.54, 1.807) is 20.8 Å². The standard InChI is InChI=1S/C25H24F4N4O6S/c1-24(2,3)39-23(35)33-40(5,36)16-8-6-7-15(12-16)30-21(34)17-13-20(25(27,28)29)31-32-22(17)38-18-10-9-14(26)11-19(18)37-4/h6-13H,1-5H3,(H,30,34)/t40-/m0/s1. The number of carbonyl (C=O) groups excluding carboxylic acids is 2. The molecule has 1 N–H and O–H groups in total. The summed E-state index contributed by atoms with van der Waals surface area (Å²) in [6.45, 7) is 4.82. The summed E-state index contributed by atoms with van der Waals surface area (Å²) in [5.74, 6) is -2.67. The molecule has 0 radical (unpaired) electrons. The molecule has 0 saturated heterocycles. The number of rotatable bonds is 6. The first-order valence-electron chi connectivity index (χ1n) is 11.3. The number of hydrogen-bond donors (Lipinski definition) is 1. The lowest BCUT2D eigenvalue weighted by molar-refractivity contribution is -0.141. The second-order valence-electron chi connectivity index (χ2n) is 9.20. The van der Waals surface area contributed by atoms with Gasteiger partial charge in [0.15, 0.2) is 17.2 Å². The summed E-state index contributed by atoms with van der Waals surface area (Å²) in [6.07, 6.45) is -4.82. The molecule has 1 aromatic heterocycles. The Hall–Kier alpha value is -4.27. The number of halogens is 4. The van der Waals surface area contributed by atoms with Gasteiger partial charge in [0.1, 0.15) is 17.0 Å². The quantitative estimate of drug-likeness (QED) is 0.345. The van der Waals surface area contributed by atoms with E-state index in [0.717, 1.165) is 18.2 Å². The average molecular weight is 585 g/mol. The van der Waals surface area contributed by atoms with Crippen molar-refractivity contribution in [2.24, 2.45) is 4.36 Å². The van der Waals surface area contributed by atoms with Crippen molar-refractivity contribution in [2.45, 2.75) is 37.4 Å². The Bertz CT molecular complexity index is 1560. The van der Waals surface area contributed by atoms with E-state index in [1.165, 1.54) is 37.6 Å². The number of amides is 2. The Morgan fingerprint density at radius 1 is 1.00 bits per heavy atom. The van der Waals surface area contributed by atoms with E-state index < -0.39 is 56.5 Å². The van der Waals surface area contributed by atoms with E-state index in [-0.39, 0.29) is 22.1 Å². The Balaban J connectivity index is 1.98. The fraction of sp³-hybridized carbons (Fsp3) is 0.280. The van der Waals surface area contributed by atoms with Gasteiger partial charge in [0.2, 0.25) is 0 Å². The minimum absolute atomic E-state index is 0.00662. The zero-order chi connectivity index (χ0) is 29.9. The van der Waals surface area contributed by atoms with E-state index in [2.05, 4.69) is 19.9 Å². The number of nitrogens with zero attached hydrogens (tertiary/aromatic N) is 3. The number of methoxy groups -OCH3 is 1. The third kappa shape index (κ3) is 7.88. The maximum Gasteiger partial charge on any atom is 0.442 e. The van der Waals surface area contributed by atoms with Crippen molar-refractivity contribution in [1.29, 1.82) is 0 Å². The molecule has 40 heavy (non-hydrogen) atoms. The molecule has 0 aliphatic heterocycles. The van der Waals surface area contributed by atoms with Gasteiger partial charge in [-0.1, -0.05) is 6.07 Å². The second kappa shape index (κ2) is 11.5. The highest BCUT2D eigenvalue weighted by Gasteiger charge is 2.35. The van der Waals surface area contributed by atoms with Gasteiger partial charge >= 0.3 is 12.3 Å². The zero-order valence-electron chi connectivity index (χ0n) is 21.8. The Kier molecular flexibility index (Phi) is 8.67. The van der Waals surface area contributed by atoms with Crippen molar-refractivity contribution in [3.63, 3.8) is 0 Å². The highest BCUT2D eigenvalue weighted by atomic mass is 32.2. The number of hydrogen-bond acceptors (Lipinski definition) is 8. The summed E-state index contributed by atoms with van der Waals surface area (Å²) in [5.41, 5.74) is -3.02. The number of ether oxygens (including phenoxy) is 3. The normalized spacial score (nSPS) is 13.1. The van der Waals surface area contributed by atoms with Crippen LogP contribution in [0.1, 0.15) is 36.8 Å². The Morgan fingerprint density at radius 3 is 2.33 bits per heavy atom. The Morgan fingerprint density at radius 2 is 1.70 bits per heavy atom. The van der Waals surface area contributed by atoms with Gasteiger partial charge in [-0.15, -0.1) is 14.6 Å². The lowest BCUT2D eigenvalue weighted by atomic mass is 10.2. The molecule has 0 saturated carbocycles. The van der Waals surface area contributed by atoms with Gasteiger partial charge in [-0.2, -0.15) is 13.2 Å². The maximum atomic E-state index is 13.6. The van der Waals surface area contributed by atoms with Crippen LogP contribution in [-0.2, 0) is 20.6 Å². The summed E-state index contributed by atoms with van der Waals surface area (Å²) >= 11 is 0. The van der Waals surface area contributed by atoms with Crippen LogP contribution in [0.2, 0.25) is 0 Å². The van der Waals surface area contributed by atoms with Crippen LogP contribution in [0.15, 0.2) is 57.8 Å². The largest absolute Gasteiger partial charge is 0.493 e. The van der Waals surface area contributed by atoms with Crippen molar-refractivity contribution in [3.8, 4) is 17.4 Å². The molecule has 214 valence electrons. The van der Waals surface area contributed by atoms with E-state index in [1.807, 2.05) is 0 Å². The molecule has 0 fully saturated rings. The third-order valence-corrected chi connectivity index (χ3v) is 6.42. The molecule has 0 spiro atoms. The van der Waals surface area contributed by atoms with Crippen LogP contribution < -0.4 is 14.8 Å². The molecule has 10 nitrogen and oxygen atoms in total. The van der Waals surface area contributed by atoms with Gasteiger partial charge < -0.3 is 19.5 Å². The number of anilines is 1. The van der Waals surface area contributed by atoms with Gasteiger partial charge in [-0.05, 0) is 57.2 Å². The summed E-state index contributed by atoms with van der Waals surface area (Å²) < 4.78 is 85.9. The summed E-state index contributed by atoms with van der Waals surface area (Å²) in [4.78, 5) is 25.2. The fourth-order valence-electron chi connectivity index (χ4n) is 3.07. The third-order valence-electron chi connectivity index (χ3n) is 4.80. The minimum Gasteiger partial charge on any atom is -0.493 e. The highest BCUT2D eigenvalue weighted by molar-refractivity contribution is 7.93. The minimum atomic E-state index is -4.94.